The molecule has 0 spiro atoms. The van der Waals surface area contributed by atoms with Crippen LogP contribution in [0, 0.1) is 13.8 Å². The molecule has 19 heavy (non-hydrogen) atoms. The fourth-order valence-electron chi connectivity index (χ4n) is 2.11. The number of hydrogen-bond donors (Lipinski definition) is 1. The zero-order valence-electron chi connectivity index (χ0n) is 11.0. The summed E-state index contributed by atoms with van der Waals surface area (Å²) in [6, 6.07) is 1.72. The summed E-state index contributed by atoms with van der Waals surface area (Å²) in [5.74, 6) is 0.726. The second-order valence-corrected chi connectivity index (χ2v) is 7.08. The van der Waals surface area contributed by atoms with Gasteiger partial charge in [-0.2, -0.15) is 11.8 Å². The van der Waals surface area contributed by atoms with Gasteiger partial charge in [-0.1, -0.05) is 0 Å². The largest absolute Gasteiger partial charge is 0.481 e. The number of rotatable bonds is 3. The van der Waals surface area contributed by atoms with Crippen molar-refractivity contribution in [2.24, 2.45) is 0 Å². The summed E-state index contributed by atoms with van der Waals surface area (Å²) in [6.45, 7) is 4.62. The van der Waals surface area contributed by atoms with Gasteiger partial charge < -0.3 is 10.0 Å². The van der Waals surface area contributed by atoms with Crippen LogP contribution in [-0.4, -0.2) is 46.0 Å². The predicted molar refractivity (Wildman–Crippen MR) is 78.2 cm³/mol. The zero-order chi connectivity index (χ0) is 14.0. The number of aryl methyl sites for hydroxylation is 2. The van der Waals surface area contributed by atoms with Crippen LogP contribution in [0.25, 0.3) is 0 Å². The van der Waals surface area contributed by atoms with E-state index < -0.39 is 5.97 Å². The number of carbonyl (C=O) groups is 2. The van der Waals surface area contributed by atoms with Gasteiger partial charge in [0.2, 0.25) is 0 Å². The molecule has 0 aromatic carbocycles. The molecule has 0 saturated carbocycles. The van der Waals surface area contributed by atoms with Gasteiger partial charge in [-0.3, -0.25) is 9.59 Å². The lowest BCUT2D eigenvalue weighted by Crippen LogP contribution is -2.46. The number of carboxylic acid groups (broad SMARTS) is 1. The van der Waals surface area contributed by atoms with Crippen molar-refractivity contribution in [1.82, 2.24) is 4.90 Å². The minimum absolute atomic E-state index is 0.0206. The number of thiophene rings is 1. The molecule has 1 saturated heterocycles. The Morgan fingerprint density at radius 1 is 1.47 bits per heavy atom. The first-order valence-electron chi connectivity index (χ1n) is 6.16. The normalized spacial score (nSPS) is 19.5. The summed E-state index contributed by atoms with van der Waals surface area (Å²) in [5.41, 5.74) is 1.12. The topological polar surface area (TPSA) is 57.6 Å². The molecule has 1 aliphatic heterocycles. The standard InChI is InChI=1S/C13H17NO3S2/c1-8-5-11(19-9(8)2)13(17)14-3-4-18-7-10(14)6-12(15)16/h5,10H,3-4,6-7H2,1-2H3,(H,15,16). The summed E-state index contributed by atoms with van der Waals surface area (Å²) in [7, 11) is 0. The second kappa shape index (κ2) is 5.96. The average molecular weight is 299 g/mol. The van der Waals surface area contributed by atoms with Gasteiger partial charge >= 0.3 is 5.97 Å². The molecular weight excluding hydrogens is 282 g/mol. The van der Waals surface area contributed by atoms with E-state index in [1.165, 1.54) is 11.3 Å². The Bertz CT molecular complexity index is 479. The first-order chi connectivity index (χ1) is 8.99. The van der Waals surface area contributed by atoms with Gasteiger partial charge in [0.1, 0.15) is 0 Å². The van der Waals surface area contributed by atoms with Gasteiger partial charge in [0.05, 0.1) is 17.3 Å². The number of carbonyl (C=O) groups excluding carboxylic acids is 1. The van der Waals surface area contributed by atoms with Gasteiger partial charge in [0.15, 0.2) is 0 Å². The van der Waals surface area contributed by atoms with Gasteiger partial charge in [0.25, 0.3) is 5.91 Å². The number of nitrogens with zero attached hydrogens (tertiary/aromatic N) is 1. The van der Waals surface area contributed by atoms with Crippen LogP contribution in [0.5, 0.6) is 0 Å². The Morgan fingerprint density at radius 3 is 2.79 bits per heavy atom. The molecule has 6 heteroatoms. The SMILES string of the molecule is Cc1cc(C(=O)N2CCSCC2CC(=O)O)sc1C. The molecule has 1 aromatic rings. The number of carboxylic acids is 1. The number of aliphatic carboxylic acids is 1. The molecule has 1 N–H and O–H groups in total. The molecule has 104 valence electrons. The first-order valence-corrected chi connectivity index (χ1v) is 8.13. The maximum absolute atomic E-state index is 12.5. The Balaban J connectivity index is 2.17. The summed E-state index contributed by atoms with van der Waals surface area (Å²) in [4.78, 5) is 27.0. The first kappa shape index (κ1) is 14.4. The van der Waals surface area contributed by atoms with Crippen LogP contribution in [0.15, 0.2) is 6.07 Å². The molecule has 0 aliphatic carbocycles. The molecule has 0 radical (unpaired) electrons. The Morgan fingerprint density at radius 2 is 2.21 bits per heavy atom. The van der Waals surface area contributed by atoms with Gasteiger partial charge in [-0.05, 0) is 25.5 Å². The van der Waals surface area contributed by atoms with E-state index in [-0.39, 0.29) is 18.4 Å². The highest BCUT2D eigenvalue weighted by molar-refractivity contribution is 7.99. The van der Waals surface area contributed by atoms with Crippen molar-refractivity contribution in [1.29, 1.82) is 0 Å². The molecule has 1 atom stereocenters. The van der Waals surface area contributed by atoms with E-state index in [0.717, 1.165) is 21.1 Å². The number of hydrogen-bond acceptors (Lipinski definition) is 4. The molecule has 1 fully saturated rings. The quantitative estimate of drug-likeness (QED) is 0.931. The molecule has 2 rings (SSSR count). The van der Waals surface area contributed by atoms with Crippen LogP contribution in [0.2, 0.25) is 0 Å². The third-order valence-corrected chi connectivity index (χ3v) is 5.51. The van der Waals surface area contributed by atoms with Crippen molar-refractivity contribution >= 4 is 35.0 Å². The fraction of sp³-hybridized carbons (Fsp3) is 0.538. The molecule has 1 unspecified atom stereocenters. The summed E-state index contributed by atoms with van der Waals surface area (Å²) in [6.07, 6.45) is 0.0298. The lowest BCUT2D eigenvalue weighted by Gasteiger charge is -2.34. The van der Waals surface area contributed by atoms with Crippen molar-refractivity contribution < 1.29 is 14.7 Å². The summed E-state index contributed by atoms with van der Waals surface area (Å²) < 4.78 is 0. The number of amides is 1. The van der Waals surface area contributed by atoms with Crippen molar-refractivity contribution in [2.45, 2.75) is 26.3 Å². The van der Waals surface area contributed by atoms with Gasteiger partial charge in [0, 0.05) is 22.9 Å². The van der Waals surface area contributed by atoms with Crippen LogP contribution in [0.4, 0.5) is 0 Å². The van der Waals surface area contributed by atoms with Crippen molar-refractivity contribution in [3.63, 3.8) is 0 Å². The highest BCUT2D eigenvalue weighted by atomic mass is 32.2. The van der Waals surface area contributed by atoms with Crippen LogP contribution >= 0.6 is 23.1 Å². The van der Waals surface area contributed by atoms with Crippen LogP contribution in [0.3, 0.4) is 0 Å². The highest BCUT2D eigenvalue weighted by Crippen LogP contribution is 2.26. The molecule has 2 heterocycles. The lowest BCUT2D eigenvalue weighted by molar-refractivity contribution is -0.138. The van der Waals surface area contributed by atoms with E-state index in [1.54, 1.807) is 16.7 Å². The van der Waals surface area contributed by atoms with Crippen molar-refractivity contribution in [2.75, 3.05) is 18.1 Å². The average Bonchev–Trinajstić information content (AvgIpc) is 2.69. The zero-order valence-corrected chi connectivity index (χ0v) is 12.6. The molecule has 4 nitrogen and oxygen atoms in total. The van der Waals surface area contributed by atoms with E-state index in [2.05, 4.69) is 0 Å². The van der Waals surface area contributed by atoms with Crippen LogP contribution in [0.1, 0.15) is 26.5 Å². The second-order valence-electron chi connectivity index (χ2n) is 4.67. The lowest BCUT2D eigenvalue weighted by atomic mass is 10.2. The van der Waals surface area contributed by atoms with Crippen LogP contribution in [-0.2, 0) is 4.79 Å². The molecule has 1 aromatic heterocycles. The Labute approximate surface area is 120 Å². The van der Waals surface area contributed by atoms with Crippen molar-refractivity contribution in [3.05, 3.63) is 21.4 Å². The molecule has 1 aliphatic rings. The third kappa shape index (κ3) is 3.30. The number of thioether (sulfide) groups is 1. The Hall–Kier alpha value is -1.01. The summed E-state index contributed by atoms with van der Waals surface area (Å²) in [5, 5.41) is 8.94. The highest BCUT2D eigenvalue weighted by Gasteiger charge is 2.30. The molecule has 1 amide bonds. The summed E-state index contributed by atoms with van der Waals surface area (Å²) >= 11 is 3.21. The van der Waals surface area contributed by atoms with E-state index in [0.29, 0.717) is 12.3 Å². The minimum atomic E-state index is -0.844. The minimum Gasteiger partial charge on any atom is -0.481 e. The van der Waals surface area contributed by atoms with Gasteiger partial charge in [-0.25, -0.2) is 0 Å². The fourth-order valence-corrected chi connectivity index (χ4v) is 4.17. The smallest absolute Gasteiger partial charge is 0.305 e. The van der Waals surface area contributed by atoms with E-state index in [4.69, 9.17) is 5.11 Å². The maximum Gasteiger partial charge on any atom is 0.305 e. The third-order valence-electron chi connectivity index (χ3n) is 3.28. The molecular formula is C13H17NO3S2. The molecule has 0 bridgehead atoms. The van der Waals surface area contributed by atoms with Gasteiger partial charge in [-0.15, -0.1) is 11.3 Å². The monoisotopic (exact) mass is 299 g/mol. The van der Waals surface area contributed by atoms with Crippen LogP contribution < -0.4 is 0 Å². The van der Waals surface area contributed by atoms with Crippen molar-refractivity contribution in [3.8, 4) is 0 Å². The predicted octanol–water partition coefficient (Wildman–Crippen LogP) is 2.40. The maximum atomic E-state index is 12.5. The van der Waals surface area contributed by atoms with E-state index >= 15 is 0 Å². The van der Waals surface area contributed by atoms with E-state index in [9.17, 15) is 9.59 Å². The Kier molecular flexibility index (Phi) is 4.52. The van der Waals surface area contributed by atoms with E-state index in [1.807, 2.05) is 19.9 Å².